The molecule has 0 saturated heterocycles. The van der Waals surface area contributed by atoms with Gasteiger partial charge in [-0.25, -0.2) is 0 Å². The first-order valence-corrected chi connectivity index (χ1v) is 9.82. The van der Waals surface area contributed by atoms with Gasteiger partial charge in [-0.3, -0.25) is 0 Å². The zero-order valence-corrected chi connectivity index (χ0v) is 16.3. The second-order valence-corrected chi connectivity index (χ2v) is 9.43. The normalized spacial score (nSPS) is 25.2. The number of thioether (sulfide) groups is 1. The molecule has 0 aliphatic carbocycles. The highest BCUT2D eigenvalue weighted by atomic mass is 32.2. The summed E-state index contributed by atoms with van der Waals surface area (Å²) in [6.07, 6.45) is 9.58. The van der Waals surface area contributed by atoms with E-state index in [9.17, 15) is 0 Å². The lowest BCUT2D eigenvalue weighted by molar-refractivity contribution is 0.524. The average molecular weight is 348 g/mol. The molecule has 1 aromatic carbocycles. The van der Waals surface area contributed by atoms with Crippen molar-refractivity contribution >= 4 is 17.4 Å². The van der Waals surface area contributed by atoms with Crippen molar-refractivity contribution in [3.05, 3.63) is 64.2 Å². The quantitative estimate of drug-likeness (QED) is 0.622. The van der Waals surface area contributed by atoms with E-state index >= 15 is 0 Å². The number of nitrogens with zero attached hydrogens (tertiary/aromatic N) is 1. The first kappa shape index (κ1) is 16.6. The van der Waals surface area contributed by atoms with Crippen LogP contribution >= 0.6 is 11.8 Å². The highest BCUT2D eigenvalue weighted by Crippen LogP contribution is 2.61. The third kappa shape index (κ3) is 2.12. The second kappa shape index (κ2) is 5.32. The van der Waals surface area contributed by atoms with Gasteiger partial charge < -0.3 is 4.90 Å². The summed E-state index contributed by atoms with van der Waals surface area (Å²) in [4.78, 5) is 3.77. The summed E-state index contributed by atoms with van der Waals surface area (Å²) in [5.41, 5.74) is 7.07. The van der Waals surface area contributed by atoms with Gasteiger partial charge in [-0.2, -0.15) is 0 Å². The number of hydrogen-bond donors (Lipinski definition) is 0. The maximum Gasteiger partial charge on any atom is 0.0592 e. The van der Waals surface area contributed by atoms with Gasteiger partial charge in [-0.15, -0.1) is 24.1 Å². The summed E-state index contributed by atoms with van der Waals surface area (Å²) in [5, 5.41) is 0.414. The van der Waals surface area contributed by atoms with Crippen LogP contribution in [0.25, 0.3) is 0 Å². The Morgan fingerprint density at radius 2 is 1.96 bits per heavy atom. The van der Waals surface area contributed by atoms with E-state index in [2.05, 4.69) is 75.4 Å². The van der Waals surface area contributed by atoms with Crippen LogP contribution < -0.4 is 4.90 Å². The Bertz CT molecular complexity index is 876. The Morgan fingerprint density at radius 1 is 1.24 bits per heavy atom. The van der Waals surface area contributed by atoms with E-state index in [0.717, 1.165) is 12.8 Å². The zero-order chi connectivity index (χ0) is 18.0. The highest BCUT2D eigenvalue weighted by molar-refractivity contribution is 8.04. The van der Waals surface area contributed by atoms with Gasteiger partial charge in [0.05, 0.1) is 10.8 Å². The van der Waals surface area contributed by atoms with Crippen molar-refractivity contribution in [1.82, 2.24) is 0 Å². The molecule has 1 unspecified atom stereocenters. The van der Waals surface area contributed by atoms with Gasteiger partial charge in [0.1, 0.15) is 0 Å². The van der Waals surface area contributed by atoms with Crippen LogP contribution in [0.3, 0.4) is 0 Å². The molecule has 0 bridgehead atoms. The number of fused-ring (bicyclic) bond motifs is 4. The topological polar surface area (TPSA) is 3.24 Å². The Kier molecular flexibility index (Phi) is 3.54. The molecule has 3 aliphatic heterocycles. The SMILES string of the molecule is C#CCCC1=CC2=C3N(c4ccccc4C3(C)C)C(C)(C)C2SC1=C. The summed E-state index contributed by atoms with van der Waals surface area (Å²) in [6.45, 7) is 13.8. The van der Waals surface area contributed by atoms with Gasteiger partial charge >= 0.3 is 0 Å². The van der Waals surface area contributed by atoms with Crippen LogP contribution in [0.4, 0.5) is 5.69 Å². The van der Waals surface area contributed by atoms with Crippen LogP contribution in [0.1, 0.15) is 46.1 Å². The number of para-hydroxylation sites is 1. The second-order valence-electron chi connectivity index (χ2n) is 8.23. The fraction of sp³-hybridized carbons (Fsp3) is 0.391. The molecular formula is C23H25NS. The molecule has 0 aromatic heterocycles. The maximum absolute atomic E-state index is 5.49. The fourth-order valence-electron chi connectivity index (χ4n) is 4.69. The van der Waals surface area contributed by atoms with Crippen LogP contribution in [0, 0.1) is 12.3 Å². The summed E-state index contributed by atoms with van der Waals surface area (Å²) in [5.74, 6) is 2.77. The molecule has 0 amide bonds. The molecule has 3 aliphatic rings. The van der Waals surface area contributed by atoms with Gasteiger partial charge in [0.15, 0.2) is 0 Å². The molecule has 0 N–H and O–H groups in total. The van der Waals surface area contributed by atoms with Gasteiger partial charge in [0, 0.05) is 28.1 Å². The van der Waals surface area contributed by atoms with E-state index in [0.29, 0.717) is 5.25 Å². The smallest absolute Gasteiger partial charge is 0.0592 e. The maximum atomic E-state index is 5.49. The lowest BCUT2D eigenvalue weighted by atomic mass is 9.81. The minimum absolute atomic E-state index is 0.0188. The standard InChI is InChI=1S/C23H25NS/c1-7-8-11-16-14-17-20-22(3,4)18-12-9-10-13-19(18)24(20)23(5,6)21(17)25-15(16)2/h1,9-10,12-14,21H,2,8,11H2,3-6H3. The third-order valence-electron chi connectivity index (χ3n) is 5.89. The van der Waals surface area contributed by atoms with Crippen molar-refractivity contribution in [2.75, 3.05) is 4.90 Å². The summed E-state index contributed by atoms with van der Waals surface area (Å²) in [7, 11) is 0. The lowest BCUT2D eigenvalue weighted by Gasteiger charge is -2.39. The molecule has 0 radical (unpaired) electrons. The van der Waals surface area contributed by atoms with E-state index in [1.807, 2.05) is 11.8 Å². The molecular weight excluding hydrogens is 322 g/mol. The van der Waals surface area contributed by atoms with E-state index in [1.165, 1.54) is 33.0 Å². The van der Waals surface area contributed by atoms with Crippen molar-refractivity contribution in [3.8, 4) is 12.3 Å². The van der Waals surface area contributed by atoms with E-state index < -0.39 is 0 Å². The Balaban J connectivity index is 1.94. The third-order valence-corrected chi connectivity index (χ3v) is 7.51. The zero-order valence-electron chi connectivity index (χ0n) is 15.5. The van der Waals surface area contributed by atoms with Crippen LogP contribution in [-0.2, 0) is 5.41 Å². The summed E-state index contributed by atoms with van der Waals surface area (Å²) in [6, 6.07) is 8.86. The van der Waals surface area contributed by atoms with E-state index in [-0.39, 0.29) is 11.0 Å². The number of rotatable bonds is 2. The molecule has 1 atom stereocenters. The molecule has 25 heavy (non-hydrogen) atoms. The Hall–Kier alpha value is -1.85. The van der Waals surface area contributed by atoms with Crippen LogP contribution in [0.15, 0.2) is 58.7 Å². The highest BCUT2D eigenvalue weighted by Gasteiger charge is 2.56. The predicted octanol–water partition coefficient (Wildman–Crippen LogP) is 5.80. The minimum Gasteiger partial charge on any atom is -0.337 e. The number of anilines is 1. The monoisotopic (exact) mass is 347 g/mol. The Labute approximate surface area is 155 Å². The van der Waals surface area contributed by atoms with Gasteiger partial charge in [0.2, 0.25) is 0 Å². The van der Waals surface area contributed by atoms with Gasteiger partial charge in [-0.1, -0.05) is 44.7 Å². The molecule has 0 fully saturated rings. The van der Waals surface area contributed by atoms with Gasteiger partial charge in [0.25, 0.3) is 0 Å². The molecule has 0 spiro atoms. The van der Waals surface area contributed by atoms with Crippen molar-refractivity contribution in [3.63, 3.8) is 0 Å². The molecule has 3 heterocycles. The summed E-state index contributed by atoms with van der Waals surface area (Å²) < 4.78 is 0. The number of allylic oxidation sites excluding steroid dienone is 3. The first-order chi connectivity index (χ1) is 11.8. The van der Waals surface area contributed by atoms with E-state index in [1.54, 1.807) is 0 Å². The van der Waals surface area contributed by atoms with Crippen molar-refractivity contribution in [1.29, 1.82) is 0 Å². The molecule has 1 aromatic rings. The number of benzene rings is 1. The number of hydrogen-bond acceptors (Lipinski definition) is 2. The summed E-state index contributed by atoms with van der Waals surface area (Å²) >= 11 is 1.92. The first-order valence-electron chi connectivity index (χ1n) is 8.94. The predicted molar refractivity (Wildman–Crippen MR) is 110 cm³/mol. The molecule has 2 heteroatoms. The van der Waals surface area contributed by atoms with Crippen molar-refractivity contribution in [2.45, 2.75) is 56.7 Å². The van der Waals surface area contributed by atoms with Gasteiger partial charge in [-0.05, 0) is 43.0 Å². The van der Waals surface area contributed by atoms with Crippen LogP contribution in [0.2, 0.25) is 0 Å². The lowest BCUT2D eigenvalue weighted by Crippen LogP contribution is -2.45. The minimum atomic E-state index is 0.0188. The van der Waals surface area contributed by atoms with E-state index in [4.69, 9.17) is 6.42 Å². The van der Waals surface area contributed by atoms with Crippen LogP contribution in [0.5, 0.6) is 0 Å². The molecule has 0 saturated carbocycles. The van der Waals surface area contributed by atoms with Crippen LogP contribution in [-0.4, -0.2) is 10.8 Å². The molecule has 4 rings (SSSR count). The van der Waals surface area contributed by atoms with Crippen molar-refractivity contribution in [2.24, 2.45) is 0 Å². The Morgan fingerprint density at radius 3 is 2.68 bits per heavy atom. The fourth-order valence-corrected chi connectivity index (χ4v) is 5.99. The molecule has 1 nitrogen and oxygen atoms in total. The average Bonchev–Trinajstić information content (AvgIpc) is 2.95. The van der Waals surface area contributed by atoms with Crippen molar-refractivity contribution < 1.29 is 0 Å². The number of terminal acetylenes is 1. The largest absolute Gasteiger partial charge is 0.337 e. The molecule has 128 valence electrons.